The average Bonchev–Trinajstić information content (AvgIpc) is 3.13. The first-order chi connectivity index (χ1) is 12.8. The van der Waals surface area contributed by atoms with Gasteiger partial charge in [-0.15, -0.1) is 0 Å². The van der Waals surface area contributed by atoms with E-state index in [-0.39, 0.29) is 5.82 Å². The van der Waals surface area contributed by atoms with Crippen molar-refractivity contribution in [2.24, 2.45) is 10.8 Å². The molecule has 140 valence electrons. The highest BCUT2D eigenvalue weighted by Gasteiger charge is 2.38. The lowest BCUT2D eigenvalue weighted by molar-refractivity contribution is -0.159. The summed E-state index contributed by atoms with van der Waals surface area (Å²) >= 11 is 5.81. The minimum atomic E-state index is -4.67. The van der Waals surface area contributed by atoms with Gasteiger partial charge in [-0.25, -0.2) is 0 Å². The quantitative estimate of drug-likeness (QED) is 0.389. The maximum absolute atomic E-state index is 12.5. The van der Waals surface area contributed by atoms with E-state index in [9.17, 15) is 13.2 Å². The fraction of sp³-hybridized carbons (Fsp3) is 0.118. The Morgan fingerprint density at radius 3 is 2.37 bits per heavy atom. The summed E-state index contributed by atoms with van der Waals surface area (Å²) in [6.45, 7) is 0.370. The van der Waals surface area contributed by atoms with Gasteiger partial charge < -0.3 is 15.7 Å². The number of amidine groups is 1. The Morgan fingerprint density at radius 1 is 1.11 bits per heavy atom. The lowest BCUT2D eigenvalue weighted by Crippen LogP contribution is -2.18. The van der Waals surface area contributed by atoms with Gasteiger partial charge in [-0.1, -0.05) is 41.0 Å². The van der Waals surface area contributed by atoms with Crippen LogP contribution in [0.4, 0.5) is 13.2 Å². The second kappa shape index (κ2) is 7.67. The van der Waals surface area contributed by atoms with Crippen molar-refractivity contribution in [3.8, 4) is 11.4 Å². The van der Waals surface area contributed by atoms with Crippen LogP contribution in [0.3, 0.4) is 0 Å². The number of nitrogens with zero attached hydrogens (tertiary/aromatic N) is 3. The largest absolute Gasteiger partial charge is 0.471 e. The van der Waals surface area contributed by atoms with E-state index in [1.54, 1.807) is 48.5 Å². The summed E-state index contributed by atoms with van der Waals surface area (Å²) in [7, 11) is 0. The lowest BCUT2D eigenvalue weighted by atomic mass is 10.1. The van der Waals surface area contributed by atoms with E-state index in [2.05, 4.69) is 25.2 Å². The molecule has 0 saturated carbocycles. The topological polar surface area (TPSA) is 89.3 Å². The Labute approximate surface area is 156 Å². The molecule has 0 aliphatic carbocycles. The first kappa shape index (κ1) is 18.7. The molecule has 0 bridgehead atoms. The number of rotatable bonds is 5. The molecule has 2 aromatic carbocycles. The van der Waals surface area contributed by atoms with Crippen molar-refractivity contribution in [2.45, 2.75) is 12.7 Å². The van der Waals surface area contributed by atoms with Crippen LogP contribution in [0.15, 0.2) is 58.2 Å². The maximum Gasteiger partial charge on any atom is 0.471 e. The van der Waals surface area contributed by atoms with Gasteiger partial charge in [0.05, 0.1) is 6.54 Å². The maximum atomic E-state index is 12.5. The van der Waals surface area contributed by atoms with Crippen molar-refractivity contribution >= 4 is 17.4 Å². The van der Waals surface area contributed by atoms with Crippen LogP contribution in [0, 0.1) is 0 Å². The number of alkyl halides is 3. The molecular formula is C17H13ClF3N5O. The third-order valence-corrected chi connectivity index (χ3v) is 3.76. The number of hydrogen-bond acceptors (Lipinski definition) is 5. The molecule has 3 N–H and O–H groups in total. The highest BCUT2D eigenvalue weighted by atomic mass is 35.5. The summed E-state index contributed by atoms with van der Waals surface area (Å²) in [5.74, 6) is -1.21. The number of benzene rings is 2. The molecule has 27 heavy (non-hydrogen) atoms. The molecule has 1 aromatic heterocycles. The number of halogens is 4. The normalized spacial score (nSPS) is 12.2. The number of nitrogens with one attached hydrogen (secondary N) is 1. The standard InChI is InChI=1S/C17H13ClF3N5O/c18-13-7-5-11(6-8-13)14(22)25-23-9-10-1-3-12(4-2-10)15-24-16(27-26-15)17(19,20)21/h1-8,23H,9H2,(H2,22,25). The van der Waals surface area contributed by atoms with E-state index in [0.29, 0.717) is 23.0 Å². The van der Waals surface area contributed by atoms with E-state index in [0.717, 1.165) is 11.1 Å². The predicted octanol–water partition coefficient (Wildman–Crippen LogP) is 3.82. The molecule has 0 radical (unpaired) electrons. The minimum absolute atomic E-state index is 0.133. The van der Waals surface area contributed by atoms with Gasteiger partial charge in [-0.2, -0.15) is 23.3 Å². The molecule has 0 spiro atoms. The second-order valence-electron chi connectivity index (χ2n) is 5.46. The van der Waals surface area contributed by atoms with Gasteiger partial charge in [0.25, 0.3) is 0 Å². The minimum Gasteiger partial charge on any atom is -0.382 e. The number of hydrazone groups is 1. The van der Waals surface area contributed by atoms with Crippen molar-refractivity contribution in [1.29, 1.82) is 0 Å². The van der Waals surface area contributed by atoms with Crippen LogP contribution in [0.2, 0.25) is 5.02 Å². The van der Waals surface area contributed by atoms with E-state index >= 15 is 0 Å². The Morgan fingerprint density at radius 2 is 1.78 bits per heavy atom. The summed E-state index contributed by atoms with van der Waals surface area (Å²) in [6.07, 6.45) is -4.67. The monoisotopic (exact) mass is 395 g/mol. The zero-order valence-electron chi connectivity index (χ0n) is 13.7. The fourth-order valence-corrected chi connectivity index (χ4v) is 2.25. The number of nitrogens with two attached hydrogens (primary N) is 1. The van der Waals surface area contributed by atoms with Crippen LogP contribution >= 0.6 is 11.6 Å². The van der Waals surface area contributed by atoms with Gasteiger partial charge in [-0.3, -0.25) is 0 Å². The zero-order valence-corrected chi connectivity index (χ0v) is 14.4. The van der Waals surface area contributed by atoms with E-state index < -0.39 is 12.1 Å². The van der Waals surface area contributed by atoms with Crippen LogP contribution in [-0.4, -0.2) is 16.0 Å². The first-order valence-electron chi connectivity index (χ1n) is 7.65. The van der Waals surface area contributed by atoms with Gasteiger partial charge in [0.15, 0.2) is 5.84 Å². The van der Waals surface area contributed by atoms with Crippen LogP contribution in [0.25, 0.3) is 11.4 Å². The molecule has 0 fully saturated rings. The Bertz CT molecular complexity index is 936. The molecule has 10 heteroatoms. The number of hydrogen-bond donors (Lipinski definition) is 2. The molecule has 6 nitrogen and oxygen atoms in total. The predicted molar refractivity (Wildman–Crippen MR) is 93.8 cm³/mol. The van der Waals surface area contributed by atoms with E-state index in [1.165, 1.54) is 0 Å². The van der Waals surface area contributed by atoms with Crippen LogP contribution in [0.1, 0.15) is 17.0 Å². The van der Waals surface area contributed by atoms with Crippen molar-refractivity contribution in [2.75, 3.05) is 0 Å². The van der Waals surface area contributed by atoms with Gasteiger partial charge in [0, 0.05) is 16.1 Å². The van der Waals surface area contributed by atoms with Crippen molar-refractivity contribution in [1.82, 2.24) is 15.6 Å². The molecule has 0 amide bonds. The molecule has 0 atom stereocenters. The number of aromatic nitrogens is 2. The van der Waals surface area contributed by atoms with Crippen LogP contribution < -0.4 is 11.2 Å². The van der Waals surface area contributed by atoms with Crippen molar-refractivity contribution < 1.29 is 17.7 Å². The average molecular weight is 396 g/mol. The summed E-state index contributed by atoms with van der Waals surface area (Å²) in [5.41, 5.74) is 10.7. The van der Waals surface area contributed by atoms with Crippen molar-refractivity contribution in [3.05, 3.63) is 70.6 Å². The van der Waals surface area contributed by atoms with Crippen LogP contribution in [0.5, 0.6) is 0 Å². The second-order valence-corrected chi connectivity index (χ2v) is 5.89. The highest BCUT2D eigenvalue weighted by Crippen LogP contribution is 2.29. The molecule has 3 rings (SSSR count). The van der Waals surface area contributed by atoms with Crippen LogP contribution in [-0.2, 0) is 12.7 Å². The Hall–Kier alpha value is -3.07. The molecule has 0 aliphatic heterocycles. The smallest absolute Gasteiger partial charge is 0.382 e. The summed E-state index contributed by atoms with van der Waals surface area (Å²) < 4.78 is 41.7. The Balaban J connectivity index is 1.61. The third-order valence-electron chi connectivity index (χ3n) is 3.50. The van der Waals surface area contributed by atoms with Gasteiger partial charge in [-0.05, 0) is 29.8 Å². The van der Waals surface area contributed by atoms with Gasteiger partial charge in [0.1, 0.15) is 0 Å². The van der Waals surface area contributed by atoms with Gasteiger partial charge in [0.2, 0.25) is 5.82 Å². The fourth-order valence-electron chi connectivity index (χ4n) is 2.13. The molecule has 0 saturated heterocycles. The summed E-state index contributed by atoms with van der Waals surface area (Å²) in [4.78, 5) is 3.34. The summed E-state index contributed by atoms with van der Waals surface area (Å²) in [6, 6.07) is 13.5. The van der Waals surface area contributed by atoms with Gasteiger partial charge >= 0.3 is 12.1 Å². The third kappa shape index (κ3) is 4.76. The highest BCUT2D eigenvalue weighted by molar-refractivity contribution is 6.30. The van der Waals surface area contributed by atoms with E-state index in [1.807, 2.05) is 0 Å². The Kier molecular flexibility index (Phi) is 5.31. The SMILES string of the molecule is N/C(=N\NCc1ccc(-c2noc(C(F)(F)F)n2)cc1)c1ccc(Cl)cc1. The molecule has 0 unspecified atom stereocenters. The molecular weight excluding hydrogens is 383 g/mol. The summed E-state index contributed by atoms with van der Waals surface area (Å²) in [5, 5.41) is 8.01. The van der Waals surface area contributed by atoms with Crippen molar-refractivity contribution in [3.63, 3.8) is 0 Å². The zero-order chi connectivity index (χ0) is 19.4. The first-order valence-corrected chi connectivity index (χ1v) is 8.03. The van der Waals surface area contributed by atoms with E-state index in [4.69, 9.17) is 17.3 Å². The molecule has 0 aliphatic rings. The molecule has 3 aromatic rings. The molecule has 1 heterocycles. The lowest BCUT2D eigenvalue weighted by Gasteiger charge is -2.04.